The highest BCUT2D eigenvalue weighted by atomic mass is 31.2. The van der Waals surface area contributed by atoms with E-state index in [0.29, 0.717) is 11.0 Å². The summed E-state index contributed by atoms with van der Waals surface area (Å²) in [5.41, 5.74) is 1.84. The Bertz CT molecular complexity index is 673. The van der Waals surface area contributed by atoms with E-state index >= 15 is 0 Å². The summed E-state index contributed by atoms with van der Waals surface area (Å²) in [6, 6.07) is 14.5. The molecule has 0 aliphatic rings. The molecule has 1 aromatic carbocycles. The third-order valence-electron chi connectivity index (χ3n) is 3.09. The van der Waals surface area contributed by atoms with Crippen molar-refractivity contribution in [1.82, 2.24) is 0 Å². The summed E-state index contributed by atoms with van der Waals surface area (Å²) in [5.74, 6) is 0. The SMILES string of the molecule is Cc1ccccc1P(=O)(c1ccco1)c1ccco1. The van der Waals surface area contributed by atoms with Crippen molar-refractivity contribution in [2.45, 2.75) is 6.92 Å². The van der Waals surface area contributed by atoms with Crippen molar-refractivity contribution in [3.63, 3.8) is 0 Å². The van der Waals surface area contributed by atoms with E-state index in [0.717, 1.165) is 10.9 Å². The zero-order valence-electron chi connectivity index (χ0n) is 10.4. The lowest BCUT2D eigenvalue weighted by atomic mass is 10.2. The lowest BCUT2D eigenvalue weighted by Crippen LogP contribution is -2.24. The van der Waals surface area contributed by atoms with Gasteiger partial charge in [0.2, 0.25) is 7.14 Å². The molecule has 2 heterocycles. The molecule has 0 aliphatic carbocycles. The smallest absolute Gasteiger partial charge is 0.238 e. The lowest BCUT2D eigenvalue weighted by Gasteiger charge is -2.16. The van der Waals surface area contributed by atoms with E-state index in [1.165, 1.54) is 12.5 Å². The van der Waals surface area contributed by atoms with Gasteiger partial charge in [0.15, 0.2) is 11.0 Å². The Morgan fingerprint density at radius 3 is 1.89 bits per heavy atom. The molecule has 0 unspecified atom stereocenters. The van der Waals surface area contributed by atoms with Gasteiger partial charge in [-0.2, -0.15) is 0 Å². The summed E-state index contributed by atoms with van der Waals surface area (Å²) in [6.45, 7) is 1.94. The Hall–Kier alpha value is -1.99. The Balaban J connectivity index is 2.30. The van der Waals surface area contributed by atoms with Gasteiger partial charge in [-0.15, -0.1) is 0 Å². The number of aryl methyl sites for hydroxylation is 1. The number of rotatable bonds is 3. The van der Waals surface area contributed by atoms with E-state index in [2.05, 4.69) is 0 Å². The molecule has 0 spiro atoms. The highest BCUT2D eigenvalue weighted by Gasteiger charge is 2.36. The number of furan rings is 2. The fourth-order valence-electron chi connectivity index (χ4n) is 2.16. The molecular formula is C15H13O3P. The van der Waals surface area contributed by atoms with Gasteiger partial charge in [0.05, 0.1) is 12.5 Å². The number of hydrogen-bond acceptors (Lipinski definition) is 3. The van der Waals surface area contributed by atoms with Crippen LogP contribution in [0.4, 0.5) is 0 Å². The van der Waals surface area contributed by atoms with Gasteiger partial charge in [-0.1, -0.05) is 24.3 Å². The van der Waals surface area contributed by atoms with E-state index < -0.39 is 7.14 Å². The van der Waals surface area contributed by atoms with E-state index in [1.807, 2.05) is 31.2 Å². The van der Waals surface area contributed by atoms with Crippen molar-refractivity contribution in [2.24, 2.45) is 0 Å². The molecule has 96 valence electrons. The van der Waals surface area contributed by atoms with Gasteiger partial charge in [-0.3, -0.25) is 0 Å². The molecule has 0 fully saturated rings. The average molecular weight is 272 g/mol. The first-order chi connectivity index (χ1) is 9.23. The predicted octanol–water partition coefficient (Wildman–Crippen LogP) is 2.82. The number of benzene rings is 1. The van der Waals surface area contributed by atoms with Crippen LogP contribution in [0.3, 0.4) is 0 Å². The van der Waals surface area contributed by atoms with Crippen LogP contribution in [-0.4, -0.2) is 0 Å². The maximum atomic E-state index is 13.6. The molecule has 0 bridgehead atoms. The average Bonchev–Trinajstić information content (AvgIpc) is 3.12. The third-order valence-corrected chi connectivity index (χ3v) is 6.02. The molecule has 0 saturated heterocycles. The van der Waals surface area contributed by atoms with Crippen molar-refractivity contribution in [2.75, 3.05) is 0 Å². The normalized spacial score (nSPS) is 11.6. The van der Waals surface area contributed by atoms with Crippen LogP contribution in [0.25, 0.3) is 0 Å². The van der Waals surface area contributed by atoms with Crippen molar-refractivity contribution >= 4 is 23.4 Å². The number of hydrogen-bond donors (Lipinski definition) is 0. The summed E-state index contributed by atoms with van der Waals surface area (Å²) in [5, 5.41) is 0.750. The van der Waals surface area contributed by atoms with Crippen LogP contribution in [0.2, 0.25) is 0 Å². The zero-order valence-corrected chi connectivity index (χ0v) is 11.3. The highest BCUT2D eigenvalue weighted by Crippen LogP contribution is 2.43. The molecule has 0 atom stereocenters. The standard InChI is InChI=1S/C15H13O3P/c1-12-6-2-3-7-13(12)19(16,14-8-4-10-17-14)15-9-5-11-18-15/h2-11H,1H3. The zero-order chi connectivity index (χ0) is 13.3. The van der Waals surface area contributed by atoms with Crippen molar-refractivity contribution in [1.29, 1.82) is 0 Å². The van der Waals surface area contributed by atoms with Crippen LogP contribution < -0.4 is 16.3 Å². The molecule has 3 aromatic rings. The molecule has 19 heavy (non-hydrogen) atoms. The Morgan fingerprint density at radius 2 is 1.42 bits per heavy atom. The molecule has 0 saturated carbocycles. The van der Waals surface area contributed by atoms with Gasteiger partial charge < -0.3 is 13.4 Å². The van der Waals surface area contributed by atoms with Crippen LogP contribution in [0.5, 0.6) is 0 Å². The molecule has 4 heteroatoms. The van der Waals surface area contributed by atoms with E-state index in [1.54, 1.807) is 24.3 Å². The molecule has 0 N–H and O–H groups in total. The van der Waals surface area contributed by atoms with Gasteiger partial charge >= 0.3 is 0 Å². The largest absolute Gasteiger partial charge is 0.461 e. The minimum absolute atomic E-state index is 0.441. The molecule has 0 radical (unpaired) electrons. The van der Waals surface area contributed by atoms with Crippen LogP contribution in [-0.2, 0) is 4.57 Å². The minimum Gasteiger partial charge on any atom is -0.461 e. The van der Waals surface area contributed by atoms with Gasteiger partial charge in [0, 0.05) is 5.30 Å². The second-order valence-electron chi connectivity index (χ2n) is 4.30. The maximum Gasteiger partial charge on any atom is 0.238 e. The summed E-state index contributed by atoms with van der Waals surface area (Å²) >= 11 is 0. The Morgan fingerprint density at radius 1 is 0.842 bits per heavy atom. The van der Waals surface area contributed by atoms with Crippen molar-refractivity contribution < 1.29 is 13.4 Å². The van der Waals surface area contributed by atoms with Crippen molar-refractivity contribution in [3.8, 4) is 0 Å². The second kappa shape index (κ2) is 4.60. The van der Waals surface area contributed by atoms with Gasteiger partial charge in [0.25, 0.3) is 0 Å². The van der Waals surface area contributed by atoms with E-state index in [9.17, 15) is 4.57 Å². The first-order valence-electron chi connectivity index (χ1n) is 5.97. The van der Waals surface area contributed by atoms with Gasteiger partial charge in [-0.25, -0.2) is 0 Å². The summed E-state index contributed by atoms with van der Waals surface area (Å²) in [4.78, 5) is 0. The van der Waals surface area contributed by atoms with Gasteiger partial charge in [0.1, 0.15) is 0 Å². The summed E-state index contributed by atoms with van der Waals surface area (Å²) in [7, 11) is -3.05. The summed E-state index contributed by atoms with van der Waals surface area (Å²) in [6.07, 6.45) is 3.06. The Labute approximate surface area is 111 Å². The highest BCUT2D eigenvalue weighted by molar-refractivity contribution is 7.84. The molecule has 0 aliphatic heterocycles. The van der Waals surface area contributed by atoms with Crippen molar-refractivity contribution in [3.05, 3.63) is 66.6 Å². The fourth-order valence-corrected chi connectivity index (χ4v) is 4.73. The molecule has 2 aromatic heterocycles. The van der Waals surface area contributed by atoms with Crippen LogP contribution in [0.1, 0.15) is 5.56 Å². The quantitative estimate of drug-likeness (QED) is 0.689. The summed E-state index contributed by atoms with van der Waals surface area (Å²) < 4.78 is 24.4. The maximum absolute atomic E-state index is 13.6. The van der Waals surface area contributed by atoms with Crippen LogP contribution >= 0.6 is 7.14 Å². The van der Waals surface area contributed by atoms with Crippen LogP contribution in [0.15, 0.2) is 69.9 Å². The minimum atomic E-state index is -3.05. The first kappa shape index (κ1) is 12.1. The predicted molar refractivity (Wildman–Crippen MR) is 75.1 cm³/mol. The molecule has 3 rings (SSSR count). The molecular weight excluding hydrogens is 259 g/mol. The lowest BCUT2D eigenvalue weighted by molar-refractivity contribution is 0.552. The third kappa shape index (κ3) is 1.87. The monoisotopic (exact) mass is 272 g/mol. The Kier molecular flexibility index (Phi) is 2.92. The molecule has 0 amide bonds. The second-order valence-corrected chi connectivity index (χ2v) is 6.88. The topological polar surface area (TPSA) is 43.4 Å². The molecule has 3 nitrogen and oxygen atoms in total. The van der Waals surface area contributed by atoms with E-state index in [-0.39, 0.29) is 0 Å². The van der Waals surface area contributed by atoms with E-state index in [4.69, 9.17) is 8.83 Å². The first-order valence-corrected chi connectivity index (χ1v) is 7.68. The van der Waals surface area contributed by atoms with Gasteiger partial charge in [-0.05, 0) is 36.8 Å². The van der Waals surface area contributed by atoms with Crippen LogP contribution in [0, 0.1) is 6.92 Å². The fraction of sp³-hybridized carbons (Fsp3) is 0.0667.